The van der Waals surface area contributed by atoms with Gasteiger partial charge >= 0.3 is 0 Å². The zero-order valence-corrected chi connectivity index (χ0v) is 15.1. The standard InChI is InChI=1S/C18H12Cl2N2O2S/c19-11-7-12(20)9-14(8-11)25(23,24)22-13-5-6-18-16(10-13)15-3-1-2-4-17(15)21-18/h1-10,21-22H. The lowest BCUT2D eigenvalue weighted by Crippen LogP contribution is -2.12. The van der Waals surface area contributed by atoms with E-state index in [9.17, 15) is 8.42 Å². The number of hydrogen-bond donors (Lipinski definition) is 2. The van der Waals surface area contributed by atoms with Gasteiger partial charge in [0.05, 0.1) is 4.90 Å². The van der Waals surface area contributed by atoms with Crippen molar-refractivity contribution in [2.45, 2.75) is 4.90 Å². The van der Waals surface area contributed by atoms with Crippen molar-refractivity contribution >= 4 is 60.7 Å². The third-order valence-electron chi connectivity index (χ3n) is 3.90. The Morgan fingerprint density at radius 2 is 1.48 bits per heavy atom. The van der Waals surface area contributed by atoms with Crippen molar-refractivity contribution in [1.82, 2.24) is 4.98 Å². The lowest BCUT2D eigenvalue weighted by atomic mass is 10.1. The summed E-state index contributed by atoms with van der Waals surface area (Å²) in [7, 11) is -3.79. The summed E-state index contributed by atoms with van der Waals surface area (Å²) in [5.74, 6) is 0. The SMILES string of the molecule is O=S(=O)(Nc1ccc2[nH]c3ccccc3c2c1)c1cc(Cl)cc(Cl)c1. The van der Waals surface area contributed by atoms with E-state index in [0.717, 1.165) is 21.8 Å². The Bertz CT molecular complexity index is 1200. The second-order valence-corrected chi connectivity index (χ2v) is 8.20. The second-order valence-electron chi connectivity index (χ2n) is 5.64. The van der Waals surface area contributed by atoms with E-state index in [-0.39, 0.29) is 14.9 Å². The van der Waals surface area contributed by atoms with Crippen molar-refractivity contribution in [3.05, 3.63) is 70.7 Å². The molecule has 4 rings (SSSR count). The first-order chi connectivity index (χ1) is 11.9. The molecule has 0 saturated carbocycles. The maximum Gasteiger partial charge on any atom is 0.261 e. The summed E-state index contributed by atoms with van der Waals surface area (Å²) in [5, 5.41) is 2.50. The zero-order valence-electron chi connectivity index (χ0n) is 12.8. The van der Waals surface area contributed by atoms with Gasteiger partial charge in [0.1, 0.15) is 0 Å². The molecule has 0 radical (unpaired) electrons. The van der Waals surface area contributed by atoms with Crippen LogP contribution in [0, 0.1) is 0 Å². The van der Waals surface area contributed by atoms with E-state index in [2.05, 4.69) is 9.71 Å². The first kappa shape index (κ1) is 16.3. The summed E-state index contributed by atoms with van der Waals surface area (Å²) in [6.07, 6.45) is 0. The monoisotopic (exact) mass is 390 g/mol. The first-order valence-corrected chi connectivity index (χ1v) is 9.66. The molecule has 0 aliphatic heterocycles. The van der Waals surface area contributed by atoms with E-state index in [1.807, 2.05) is 30.3 Å². The molecular weight excluding hydrogens is 379 g/mol. The third kappa shape index (κ3) is 3.06. The lowest BCUT2D eigenvalue weighted by molar-refractivity contribution is 0.601. The molecule has 0 spiro atoms. The molecule has 1 heterocycles. The minimum atomic E-state index is -3.79. The molecule has 0 fully saturated rings. The van der Waals surface area contributed by atoms with Crippen molar-refractivity contribution in [2.24, 2.45) is 0 Å². The summed E-state index contributed by atoms with van der Waals surface area (Å²) < 4.78 is 27.8. The van der Waals surface area contributed by atoms with Crippen LogP contribution >= 0.6 is 23.2 Å². The van der Waals surface area contributed by atoms with Gasteiger partial charge in [-0.2, -0.15) is 0 Å². The first-order valence-electron chi connectivity index (χ1n) is 7.42. The van der Waals surface area contributed by atoms with Crippen molar-refractivity contribution in [2.75, 3.05) is 4.72 Å². The minimum absolute atomic E-state index is 0.0176. The maximum atomic E-state index is 12.6. The molecule has 0 aliphatic rings. The van der Waals surface area contributed by atoms with Crippen LogP contribution in [0.2, 0.25) is 10.0 Å². The fraction of sp³-hybridized carbons (Fsp3) is 0. The molecule has 0 saturated heterocycles. The Morgan fingerprint density at radius 3 is 2.24 bits per heavy atom. The van der Waals surface area contributed by atoms with Crippen LogP contribution in [0.1, 0.15) is 0 Å². The molecule has 0 bridgehead atoms. The van der Waals surface area contributed by atoms with Gasteiger partial charge in [-0.15, -0.1) is 0 Å². The Balaban J connectivity index is 1.78. The molecule has 0 unspecified atom stereocenters. The average Bonchev–Trinajstić information content (AvgIpc) is 2.92. The lowest BCUT2D eigenvalue weighted by Gasteiger charge is -2.09. The normalized spacial score (nSPS) is 11.9. The van der Waals surface area contributed by atoms with Gasteiger partial charge in [-0.25, -0.2) is 8.42 Å². The summed E-state index contributed by atoms with van der Waals surface area (Å²) in [6, 6.07) is 17.4. The number of fused-ring (bicyclic) bond motifs is 3. The van der Waals surface area contributed by atoms with Crippen LogP contribution in [0.25, 0.3) is 21.8 Å². The molecular formula is C18H12Cl2N2O2S. The third-order valence-corrected chi connectivity index (χ3v) is 5.70. The van der Waals surface area contributed by atoms with Crippen LogP contribution in [0.15, 0.2) is 65.6 Å². The second kappa shape index (κ2) is 5.95. The van der Waals surface area contributed by atoms with E-state index in [4.69, 9.17) is 23.2 Å². The number of hydrogen-bond acceptors (Lipinski definition) is 2. The Hall–Kier alpha value is -2.21. The van der Waals surface area contributed by atoms with Gasteiger partial charge in [0, 0.05) is 37.5 Å². The van der Waals surface area contributed by atoms with Gasteiger partial charge in [-0.3, -0.25) is 4.72 Å². The molecule has 3 aromatic carbocycles. The summed E-state index contributed by atoms with van der Waals surface area (Å²) in [4.78, 5) is 3.32. The van der Waals surface area contributed by atoms with Crippen molar-refractivity contribution in [3.8, 4) is 0 Å². The molecule has 1 aromatic heterocycles. The fourth-order valence-corrected chi connectivity index (χ4v) is 4.58. The van der Waals surface area contributed by atoms with Crippen LogP contribution < -0.4 is 4.72 Å². The van der Waals surface area contributed by atoms with Crippen LogP contribution in [-0.4, -0.2) is 13.4 Å². The summed E-state index contributed by atoms with van der Waals surface area (Å²) >= 11 is 11.8. The van der Waals surface area contributed by atoms with Gasteiger partial charge in [-0.1, -0.05) is 41.4 Å². The van der Waals surface area contributed by atoms with Gasteiger partial charge in [-0.05, 0) is 42.5 Å². The van der Waals surface area contributed by atoms with Gasteiger partial charge in [0.2, 0.25) is 0 Å². The highest BCUT2D eigenvalue weighted by atomic mass is 35.5. The van der Waals surface area contributed by atoms with E-state index >= 15 is 0 Å². The molecule has 25 heavy (non-hydrogen) atoms. The van der Waals surface area contributed by atoms with Gasteiger partial charge in [0.25, 0.3) is 10.0 Å². The molecule has 4 aromatic rings. The highest BCUT2D eigenvalue weighted by Gasteiger charge is 2.16. The quantitative estimate of drug-likeness (QED) is 0.489. The number of sulfonamides is 1. The minimum Gasteiger partial charge on any atom is -0.355 e. The number of H-pyrrole nitrogens is 1. The number of nitrogens with one attached hydrogen (secondary N) is 2. The zero-order chi connectivity index (χ0) is 17.6. The number of para-hydroxylation sites is 1. The van der Waals surface area contributed by atoms with E-state index in [1.54, 1.807) is 12.1 Å². The van der Waals surface area contributed by atoms with Crippen molar-refractivity contribution in [1.29, 1.82) is 0 Å². The van der Waals surface area contributed by atoms with Gasteiger partial charge in [0.15, 0.2) is 0 Å². The number of aromatic nitrogens is 1. The topological polar surface area (TPSA) is 62.0 Å². The highest BCUT2D eigenvalue weighted by Crippen LogP contribution is 2.29. The molecule has 7 heteroatoms. The molecule has 0 amide bonds. The smallest absolute Gasteiger partial charge is 0.261 e. The Labute approximate surface area is 154 Å². The number of anilines is 1. The molecule has 4 nitrogen and oxygen atoms in total. The number of rotatable bonds is 3. The van der Waals surface area contributed by atoms with Crippen LogP contribution in [0.4, 0.5) is 5.69 Å². The number of aromatic amines is 1. The largest absolute Gasteiger partial charge is 0.355 e. The Morgan fingerprint density at radius 1 is 0.800 bits per heavy atom. The van der Waals surface area contributed by atoms with E-state index < -0.39 is 10.0 Å². The molecule has 0 atom stereocenters. The maximum absolute atomic E-state index is 12.6. The predicted molar refractivity (Wildman–Crippen MR) is 103 cm³/mol. The van der Waals surface area contributed by atoms with Crippen molar-refractivity contribution < 1.29 is 8.42 Å². The molecule has 126 valence electrons. The van der Waals surface area contributed by atoms with Crippen molar-refractivity contribution in [3.63, 3.8) is 0 Å². The average molecular weight is 391 g/mol. The van der Waals surface area contributed by atoms with Crippen LogP contribution in [0.5, 0.6) is 0 Å². The molecule has 0 aliphatic carbocycles. The van der Waals surface area contributed by atoms with Crippen LogP contribution in [-0.2, 0) is 10.0 Å². The number of benzene rings is 3. The summed E-state index contributed by atoms with van der Waals surface area (Å²) in [5.41, 5.74) is 2.41. The van der Waals surface area contributed by atoms with E-state index in [0.29, 0.717) is 5.69 Å². The molecule has 2 N–H and O–H groups in total. The number of halogens is 2. The summed E-state index contributed by atoms with van der Waals surface area (Å²) in [6.45, 7) is 0. The highest BCUT2D eigenvalue weighted by molar-refractivity contribution is 7.92. The van der Waals surface area contributed by atoms with Gasteiger partial charge < -0.3 is 4.98 Å². The Kier molecular flexibility index (Phi) is 3.87. The predicted octanol–water partition coefficient (Wildman–Crippen LogP) is 5.43. The van der Waals surface area contributed by atoms with E-state index in [1.165, 1.54) is 18.2 Å². The fourth-order valence-electron chi connectivity index (χ4n) is 2.81. The van der Waals surface area contributed by atoms with Crippen LogP contribution in [0.3, 0.4) is 0 Å².